The van der Waals surface area contributed by atoms with Crippen molar-refractivity contribution in [3.05, 3.63) is 29.3 Å². The van der Waals surface area contributed by atoms with Crippen LogP contribution in [0.4, 0.5) is 0 Å². The minimum atomic E-state index is -0.450. The number of methoxy groups -OCH3 is 2. The fourth-order valence-corrected chi connectivity index (χ4v) is 1.26. The van der Waals surface area contributed by atoms with E-state index >= 15 is 0 Å². The summed E-state index contributed by atoms with van der Waals surface area (Å²) in [5, 5.41) is 0. The second-order valence-electron chi connectivity index (χ2n) is 2.89. The van der Waals surface area contributed by atoms with Crippen LogP contribution in [0.3, 0.4) is 0 Å². The number of carbonyl (C=O) groups excluding carboxylic acids is 2. The van der Waals surface area contributed by atoms with Crippen LogP contribution in [0.25, 0.3) is 0 Å². The molecule has 0 N–H and O–H groups in total. The van der Waals surface area contributed by atoms with E-state index in [0.717, 1.165) is 6.29 Å². The van der Waals surface area contributed by atoms with Gasteiger partial charge >= 0.3 is 5.97 Å². The SMILES string of the molecule is COC(=O)c1ccc(OC)cc1CC=O. The Hall–Kier alpha value is -1.84. The Morgan fingerprint density at radius 2 is 2.13 bits per heavy atom. The molecule has 1 aromatic carbocycles. The van der Waals surface area contributed by atoms with Gasteiger partial charge in [-0.1, -0.05) is 0 Å². The topological polar surface area (TPSA) is 52.6 Å². The molecular formula is C11H12O4. The normalized spacial score (nSPS) is 9.47. The van der Waals surface area contributed by atoms with Gasteiger partial charge in [-0.2, -0.15) is 0 Å². The largest absolute Gasteiger partial charge is 0.497 e. The average Bonchev–Trinajstić information content (AvgIpc) is 2.28. The molecule has 1 rings (SSSR count). The van der Waals surface area contributed by atoms with Crippen LogP contribution in [-0.4, -0.2) is 26.5 Å². The van der Waals surface area contributed by atoms with Crippen molar-refractivity contribution < 1.29 is 19.1 Å². The van der Waals surface area contributed by atoms with Crippen LogP contribution in [-0.2, 0) is 16.0 Å². The van der Waals surface area contributed by atoms with Crippen molar-refractivity contribution in [2.24, 2.45) is 0 Å². The summed E-state index contributed by atoms with van der Waals surface area (Å²) in [6.07, 6.45) is 0.906. The summed E-state index contributed by atoms with van der Waals surface area (Å²) in [4.78, 5) is 21.8. The van der Waals surface area contributed by atoms with Gasteiger partial charge < -0.3 is 14.3 Å². The van der Waals surface area contributed by atoms with Crippen LogP contribution in [0, 0.1) is 0 Å². The van der Waals surface area contributed by atoms with E-state index in [0.29, 0.717) is 16.9 Å². The standard InChI is InChI=1S/C11H12O4/c1-14-9-3-4-10(11(13)15-2)8(7-9)5-6-12/h3-4,6-7H,5H2,1-2H3. The Morgan fingerprint density at radius 3 is 2.67 bits per heavy atom. The molecule has 80 valence electrons. The van der Waals surface area contributed by atoms with Gasteiger partial charge in [-0.15, -0.1) is 0 Å². The lowest BCUT2D eigenvalue weighted by Gasteiger charge is -2.07. The van der Waals surface area contributed by atoms with Crippen LogP contribution in [0.5, 0.6) is 5.75 Å². The van der Waals surface area contributed by atoms with E-state index in [1.807, 2.05) is 0 Å². The molecule has 0 fully saturated rings. The van der Waals surface area contributed by atoms with E-state index in [-0.39, 0.29) is 6.42 Å². The molecule has 0 radical (unpaired) electrons. The maximum atomic E-state index is 11.3. The van der Waals surface area contributed by atoms with Gasteiger partial charge in [-0.05, 0) is 23.8 Å². The van der Waals surface area contributed by atoms with Gasteiger partial charge in [0, 0.05) is 6.42 Å². The molecule has 0 unspecified atom stereocenters. The first-order valence-electron chi connectivity index (χ1n) is 4.41. The molecule has 0 aliphatic rings. The Morgan fingerprint density at radius 1 is 1.40 bits per heavy atom. The van der Waals surface area contributed by atoms with Crippen molar-refractivity contribution in [1.82, 2.24) is 0 Å². The molecule has 0 saturated heterocycles. The third-order valence-electron chi connectivity index (χ3n) is 2.02. The second-order valence-corrected chi connectivity index (χ2v) is 2.89. The monoisotopic (exact) mass is 208 g/mol. The second kappa shape index (κ2) is 5.14. The molecule has 0 aromatic heterocycles. The molecular weight excluding hydrogens is 196 g/mol. The highest BCUT2D eigenvalue weighted by Crippen LogP contribution is 2.18. The first-order valence-corrected chi connectivity index (χ1v) is 4.41. The zero-order chi connectivity index (χ0) is 11.3. The van der Waals surface area contributed by atoms with E-state index in [1.54, 1.807) is 18.2 Å². The molecule has 15 heavy (non-hydrogen) atoms. The maximum Gasteiger partial charge on any atom is 0.338 e. The highest BCUT2D eigenvalue weighted by atomic mass is 16.5. The van der Waals surface area contributed by atoms with Crippen molar-refractivity contribution in [3.8, 4) is 5.75 Å². The summed E-state index contributed by atoms with van der Waals surface area (Å²) in [5.41, 5.74) is 1.00. The lowest BCUT2D eigenvalue weighted by atomic mass is 10.0. The number of aldehydes is 1. The Balaban J connectivity index is 3.13. The van der Waals surface area contributed by atoms with Gasteiger partial charge in [-0.25, -0.2) is 4.79 Å². The van der Waals surface area contributed by atoms with E-state index in [4.69, 9.17) is 4.74 Å². The first kappa shape index (κ1) is 11.2. The molecule has 0 heterocycles. The van der Waals surface area contributed by atoms with Gasteiger partial charge in [0.15, 0.2) is 0 Å². The number of carbonyl (C=O) groups is 2. The van der Waals surface area contributed by atoms with E-state index in [1.165, 1.54) is 14.2 Å². The molecule has 0 bridgehead atoms. The minimum Gasteiger partial charge on any atom is -0.497 e. The number of benzene rings is 1. The molecule has 4 nitrogen and oxygen atoms in total. The Kier molecular flexibility index (Phi) is 3.85. The van der Waals surface area contributed by atoms with Crippen LogP contribution < -0.4 is 4.74 Å². The van der Waals surface area contributed by atoms with Gasteiger partial charge in [0.25, 0.3) is 0 Å². The molecule has 0 saturated carbocycles. The third-order valence-corrected chi connectivity index (χ3v) is 2.02. The van der Waals surface area contributed by atoms with Gasteiger partial charge in [-0.3, -0.25) is 0 Å². The molecule has 0 atom stereocenters. The van der Waals surface area contributed by atoms with Crippen LogP contribution in [0.2, 0.25) is 0 Å². The first-order chi connectivity index (χ1) is 7.22. The quantitative estimate of drug-likeness (QED) is 0.551. The molecule has 0 aliphatic heterocycles. The highest BCUT2D eigenvalue weighted by Gasteiger charge is 2.11. The Labute approximate surface area is 87.8 Å². The molecule has 0 aliphatic carbocycles. The van der Waals surface area contributed by atoms with E-state index < -0.39 is 5.97 Å². The fraction of sp³-hybridized carbons (Fsp3) is 0.273. The van der Waals surface area contributed by atoms with Crippen LogP contribution in [0.1, 0.15) is 15.9 Å². The van der Waals surface area contributed by atoms with Crippen molar-refractivity contribution in [1.29, 1.82) is 0 Å². The third kappa shape index (κ3) is 2.56. The number of hydrogen-bond acceptors (Lipinski definition) is 4. The lowest BCUT2D eigenvalue weighted by molar-refractivity contribution is -0.107. The van der Waals surface area contributed by atoms with Crippen molar-refractivity contribution >= 4 is 12.3 Å². The summed E-state index contributed by atoms with van der Waals surface area (Å²) < 4.78 is 9.60. The summed E-state index contributed by atoms with van der Waals surface area (Å²) in [6, 6.07) is 4.89. The van der Waals surface area contributed by atoms with Crippen molar-refractivity contribution in [3.63, 3.8) is 0 Å². The van der Waals surface area contributed by atoms with Gasteiger partial charge in [0.05, 0.1) is 19.8 Å². The summed E-state index contributed by atoms with van der Waals surface area (Å²) in [5.74, 6) is 0.161. The number of hydrogen-bond donors (Lipinski definition) is 0. The van der Waals surface area contributed by atoms with Crippen LogP contribution >= 0.6 is 0 Å². The Bertz CT molecular complexity index is 371. The van der Waals surface area contributed by atoms with E-state index in [9.17, 15) is 9.59 Å². The summed E-state index contributed by atoms with van der Waals surface area (Å²) in [6.45, 7) is 0. The predicted molar refractivity (Wildman–Crippen MR) is 54.1 cm³/mol. The molecule has 0 amide bonds. The molecule has 0 spiro atoms. The van der Waals surface area contributed by atoms with Gasteiger partial charge in [0.2, 0.25) is 0 Å². The lowest BCUT2D eigenvalue weighted by Crippen LogP contribution is -2.06. The zero-order valence-corrected chi connectivity index (χ0v) is 8.65. The van der Waals surface area contributed by atoms with Crippen molar-refractivity contribution in [2.75, 3.05) is 14.2 Å². The summed E-state index contributed by atoms with van der Waals surface area (Å²) >= 11 is 0. The minimum absolute atomic E-state index is 0.168. The fourth-order valence-electron chi connectivity index (χ4n) is 1.26. The number of rotatable bonds is 4. The highest BCUT2D eigenvalue weighted by molar-refractivity contribution is 5.92. The maximum absolute atomic E-state index is 11.3. The number of ether oxygens (including phenoxy) is 2. The summed E-state index contributed by atoms with van der Waals surface area (Å²) in [7, 11) is 2.83. The van der Waals surface area contributed by atoms with Crippen molar-refractivity contribution in [2.45, 2.75) is 6.42 Å². The predicted octanol–water partition coefficient (Wildman–Crippen LogP) is 1.22. The van der Waals surface area contributed by atoms with Crippen LogP contribution in [0.15, 0.2) is 18.2 Å². The zero-order valence-electron chi connectivity index (χ0n) is 8.65. The average molecular weight is 208 g/mol. The molecule has 1 aromatic rings. The van der Waals surface area contributed by atoms with Gasteiger partial charge in [0.1, 0.15) is 12.0 Å². The van der Waals surface area contributed by atoms with E-state index in [2.05, 4.69) is 4.74 Å². The number of esters is 1. The molecule has 4 heteroatoms. The smallest absolute Gasteiger partial charge is 0.338 e.